The zero-order chi connectivity index (χ0) is 15.9. The number of amides is 1. The van der Waals surface area contributed by atoms with Gasteiger partial charge in [0.25, 0.3) is 0 Å². The molecular formula is C16H21N3O3. The molecule has 1 N–H and O–H groups in total. The number of carbonyl (C=O) groups is 1. The lowest BCUT2D eigenvalue weighted by molar-refractivity contribution is -0.121. The van der Waals surface area contributed by atoms with Gasteiger partial charge in [0.05, 0.1) is 6.54 Å². The van der Waals surface area contributed by atoms with E-state index in [1.54, 1.807) is 6.92 Å². The first-order valence-electron chi connectivity index (χ1n) is 7.32. The van der Waals surface area contributed by atoms with Crippen molar-refractivity contribution >= 4 is 5.91 Å². The molecule has 1 heterocycles. The third-order valence-corrected chi connectivity index (χ3v) is 3.05. The van der Waals surface area contributed by atoms with E-state index < -0.39 is 0 Å². The molecule has 2 rings (SSSR count). The topological polar surface area (TPSA) is 77.2 Å². The van der Waals surface area contributed by atoms with Crippen LogP contribution >= 0.6 is 0 Å². The molecule has 1 aromatic carbocycles. The number of hydrogen-bond acceptors (Lipinski definition) is 5. The number of carbonyl (C=O) groups excluding carboxylic acids is 1. The first kappa shape index (κ1) is 16.0. The van der Waals surface area contributed by atoms with Crippen molar-refractivity contribution in [3.8, 4) is 5.75 Å². The van der Waals surface area contributed by atoms with Crippen molar-refractivity contribution in [1.82, 2.24) is 15.5 Å². The van der Waals surface area contributed by atoms with Gasteiger partial charge in [-0.25, -0.2) is 0 Å². The van der Waals surface area contributed by atoms with E-state index in [0.717, 1.165) is 11.3 Å². The molecule has 0 radical (unpaired) electrons. The molecule has 0 saturated carbocycles. The molecule has 1 atom stereocenters. The van der Waals surface area contributed by atoms with Gasteiger partial charge in [0.15, 0.2) is 5.82 Å². The first-order valence-corrected chi connectivity index (χ1v) is 7.32. The van der Waals surface area contributed by atoms with Crippen LogP contribution in [0.5, 0.6) is 5.75 Å². The summed E-state index contributed by atoms with van der Waals surface area (Å²) in [5.74, 6) is 1.81. The van der Waals surface area contributed by atoms with Crippen LogP contribution in [0.1, 0.15) is 30.6 Å². The van der Waals surface area contributed by atoms with Crippen molar-refractivity contribution in [2.24, 2.45) is 0 Å². The van der Waals surface area contributed by atoms with E-state index in [-0.39, 0.29) is 12.0 Å². The normalized spacial score (nSPS) is 12.0. The largest absolute Gasteiger partial charge is 0.489 e. The molecule has 0 bridgehead atoms. The Labute approximate surface area is 129 Å². The van der Waals surface area contributed by atoms with Gasteiger partial charge in [0, 0.05) is 12.8 Å². The summed E-state index contributed by atoms with van der Waals surface area (Å²) in [4.78, 5) is 15.8. The predicted octanol–water partition coefficient (Wildman–Crippen LogP) is 2.20. The van der Waals surface area contributed by atoms with Gasteiger partial charge in [-0.05, 0) is 38.5 Å². The van der Waals surface area contributed by atoms with Gasteiger partial charge in [-0.3, -0.25) is 4.79 Å². The second kappa shape index (κ2) is 7.59. The van der Waals surface area contributed by atoms with Crippen molar-refractivity contribution in [3.63, 3.8) is 0 Å². The fraction of sp³-hybridized carbons (Fsp3) is 0.438. The summed E-state index contributed by atoms with van der Waals surface area (Å²) in [5.41, 5.74) is 1.14. The molecule has 2 aromatic rings. The maximum Gasteiger partial charge on any atom is 0.227 e. The van der Waals surface area contributed by atoms with Gasteiger partial charge in [0.1, 0.15) is 11.9 Å². The third kappa shape index (κ3) is 5.20. The highest BCUT2D eigenvalue weighted by atomic mass is 16.5. The van der Waals surface area contributed by atoms with E-state index in [9.17, 15) is 4.79 Å². The van der Waals surface area contributed by atoms with Gasteiger partial charge in [0.2, 0.25) is 11.8 Å². The molecule has 0 fully saturated rings. The van der Waals surface area contributed by atoms with E-state index in [1.165, 1.54) is 0 Å². The van der Waals surface area contributed by atoms with E-state index in [2.05, 4.69) is 15.5 Å². The molecule has 6 heteroatoms. The number of nitrogens with zero attached hydrogens (tertiary/aromatic N) is 2. The van der Waals surface area contributed by atoms with Crippen LogP contribution in [0.3, 0.4) is 0 Å². The summed E-state index contributed by atoms with van der Waals surface area (Å²) in [5, 5.41) is 6.53. The zero-order valence-electron chi connectivity index (χ0n) is 13.1. The maximum absolute atomic E-state index is 11.8. The average molecular weight is 303 g/mol. The maximum atomic E-state index is 11.8. The standard InChI is InChI=1S/C16H21N3O3/c1-11-5-4-6-14(9-11)21-12(2)10-17-15(20)7-8-16-18-13(3)19-22-16/h4-6,9,12H,7-8,10H2,1-3H3,(H,17,20)/t12-/m0/s1. The molecular weight excluding hydrogens is 282 g/mol. The van der Waals surface area contributed by atoms with Gasteiger partial charge in [-0.15, -0.1) is 0 Å². The SMILES string of the molecule is Cc1cccc(O[C@@H](C)CNC(=O)CCc2nc(C)no2)c1. The van der Waals surface area contributed by atoms with Crippen LogP contribution in [0.15, 0.2) is 28.8 Å². The van der Waals surface area contributed by atoms with Gasteiger partial charge < -0.3 is 14.6 Å². The van der Waals surface area contributed by atoms with Crippen molar-refractivity contribution < 1.29 is 14.1 Å². The quantitative estimate of drug-likeness (QED) is 0.848. The Kier molecular flexibility index (Phi) is 5.52. The Morgan fingerprint density at radius 1 is 1.41 bits per heavy atom. The molecule has 0 aliphatic carbocycles. The number of aromatic nitrogens is 2. The lowest BCUT2D eigenvalue weighted by Crippen LogP contribution is -2.33. The van der Waals surface area contributed by atoms with E-state index >= 15 is 0 Å². The Hall–Kier alpha value is -2.37. The van der Waals surface area contributed by atoms with Crippen LogP contribution in [0.2, 0.25) is 0 Å². The van der Waals surface area contributed by atoms with Crippen molar-refractivity contribution in [2.75, 3.05) is 6.54 Å². The average Bonchev–Trinajstić information content (AvgIpc) is 2.89. The lowest BCUT2D eigenvalue weighted by Gasteiger charge is -2.15. The number of nitrogens with one attached hydrogen (secondary N) is 1. The van der Waals surface area contributed by atoms with Crippen LogP contribution in [0.25, 0.3) is 0 Å². The first-order chi connectivity index (χ1) is 10.5. The molecule has 0 aliphatic heterocycles. The molecule has 1 amide bonds. The minimum absolute atomic E-state index is 0.0597. The van der Waals surface area contributed by atoms with Crippen molar-refractivity contribution in [1.29, 1.82) is 0 Å². The van der Waals surface area contributed by atoms with Crippen molar-refractivity contribution in [2.45, 2.75) is 39.7 Å². The summed E-state index contributed by atoms with van der Waals surface area (Å²) in [6.45, 7) is 6.13. The van der Waals surface area contributed by atoms with Crippen LogP contribution < -0.4 is 10.1 Å². The highest BCUT2D eigenvalue weighted by Crippen LogP contribution is 2.13. The fourth-order valence-corrected chi connectivity index (χ4v) is 1.97. The Morgan fingerprint density at radius 3 is 2.91 bits per heavy atom. The Morgan fingerprint density at radius 2 is 2.23 bits per heavy atom. The van der Waals surface area contributed by atoms with Gasteiger partial charge in [-0.2, -0.15) is 4.98 Å². The summed E-state index contributed by atoms with van der Waals surface area (Å²) in [7, 11) is 0. The number of benzene rings is 1. The number of ether oxygens (including phenoxy) is 1. The highest BCUT2D eigenvalue weighted by Gasteiger charge is 2.09. The summed E-state index contributed by atoms with van der Waals surface area (Å²) < 4.78 is 10.7. The summed E-state index contributed by atoms with van der Waals surface area (Å²) in [6.07, 6.45) is 0.662. The molecule has 118 valence electrons. The lowest BCUT2D eigenvalue weighted by atomic mass is 10.2. The molecule has 22 heavy (non-hydrogen) atoms. The smallest absolute Gasteiger partial charge is 0.227 e. The van der Waals surface area contributed by atoms with Crippen LogP contribution in [0, 0.1) is 13.8 Å². The minimum atomic E-state index is -0.101. The summed E-state index contributed by atoms with van der Waals surface area (Å²) >= 11 is 0. The van der Waals surface area contributed by atoms with E-state index in [1.807, 2.05) is 38.1 Å². The second-order valence-corrected chi connectivity index (χ2v) is 5.28. The predicted molar refractivity (Wildman–Crippen MR) is 81.6 cm³/mol. The van der Waals surface area contributed by atoms with Crippen LogP contribution in [0.4, 0.5) is 0 Å². The molecule has 6 nitrogen and oxygen atoms in total. The number of rotatable bonds is 7. The number of aryl methyl sites for hydroxylation is 3. The van der Waals surface area contributed by atoms with Crippen molar-refractivity contribution in [3.05, 3.63) is 41.5 Å². The summed E-state index contributed by atoms with van der Waals surface area (Å²) in [6, 6.07) is 7.83. The molecule has 0 saturated heterocycles. The zero-order valence-corrected chi connectivity index (χ0v) is 13.1. The third-order valence-electron chi connectivity index (χ3n) is 3.05. The van der Waals surface area contributed by atoms with E-state index in [4.69, 9.17) is 9.26 Å². The molecule has 1 aromatic heterocycles. The monoisotopic (exact) mass is 303 g/mol. The Balaban J connectivity index is 1.69. The highest BCUT2D eigenvalue weighted by molar-refractivity contribution is 5.76. The van der Waals surface area contributed by atoms with E-state index in [0.29, 0.717) is 31.1 Å². The van der Waals surface area contributed by atoms with Crippen LogP contribution in [-0.2, 0) is 11.2 Å². The number of hydrogen-bond donors (Lipinski definition) is 1. The second-order valence-electron chi connectivity index (χ2n) is 5.28. The molecule has 0 spiro atoms. The molecule has 0 aliphatic rings. The fourth-order valence-electron chi connectivity index (χ4n) is 1.97. The minimum Gasteiger partial charge on any atom is -0.489 e. The van der Waals surface area contributed by atoms with Crippen LogP contribution in [-0.4, -0.2) is 28.7 Å². The molecule has 0 unspecified atom stereocenters. The van der Waals surface area contributed by atoms with Gasteiger partial charge in [-0.1, -0.05) is 17.3 Å². The Bertz CT molecular complexity index is 625. The van der Waals surface area contributed by atoms with Gasteiger partial charge >= 0.3 is 0 Å².